The number of allylic oxidation sites excluding steroid dienone is 1. The van der Waals surface area contributed by atoms with Crippen molar-refractivity contribution in [1.29, 1.82) is 0 Å². The second-order valence-corrected chi connectivity index (χ2v) is 11.9. The lowest BCUT2D eigenvalue weighted by Crippen LogP contribution is -2.57. The van der Waals surface area contributed by atoms with Crippen molar-refractivity contribution in [1.82, 2.24) is 4.90 Å². The number of carbonyl (C=O) groups is 3. The van der Waals surface area contributed by atoms with Crippen molar-refractivity contribution in [3.05, 3.63) is 54.6 Å². The quantitative estimate of drug-likeness (QED) is 0.144. The standard InChI is InChI=1S/C29H36BrClN2O6/c1-3-5-11-17-38-28(37)22-23-26(35)33(15-9-6-10-16-34)25(29(23)18-19(30)24(22)39-29)27(36)32(14-4-2)21-13-8-7-12-20(21)31/h3-4,7-8,12-13,19,22-25,34H,1-2,5-6,9-11,14-18H2/t19?,22-,23+,24-,25?,29?/m1/s1. The number of esters is 1. The van der Waals surface area contributed by atoms with Crippen LogP contribution in [0.25, 0.3) is 0 Å². The predicted octanol–water partition coefficient (Wildman–Crippen LogP) is 4.28. The molecule has 0 radical (unpaired) electrons. The van der Waals surface area contributed by atoms with Gasteiger partial charge >= 0.3 is 5.97 Å². The molecule has 3 heterocycles. The number of alkyl halides is 1. The van der Waals surface area contributed by atoms with Crippen molar-refractivity contribution in [3.8, 4) is 0 Å². The monoisotopic (exact) mass is 622 g/mol. The van der Waals surface area contributed by atoms with Crippen molar-refractivity contribution in [3.63, 3.8) is 0 Å². The number of fused-ring (bicyclic) bond motifs is 1. The molecule has 3 unspecified atom stereocenters. The minimum Gasteiger partial charge on any atom is -0.465 e. The zero-order chi connectivity index (χ0) is 28.2. The maximum absolute atomic E-state index is 14.5. The van der Waals surface area contributed by atoms with Crippen LogP contribution >= 0.6 is 27.5 Å². The number of benzene rings is 1. The highest BCUT2D eigenvalue weighted by Gasteiger charge is 2.77. The Morgan fingerprint density at radius 2 is 2.00 bits per heavy atom. The fourth-order valence-corrected chi connectivity index (χ4v) is 7.42. The Labute approximate surface area is 243 Å². The zero-order valence-electron chi connectivity index (χ0n) is 22.0. The van der Waals surface area contributed by atoms with Crippen molar-refractivity contribution >= 4 is 51.0 Å². The third-order valence-electron chi connectivity index (χ3n) is 7.87. The topological polar surface area (TPSA) is 96.4 Å². The Morgan fingerprint density at radius 3 is 2.69 bits per heavy atom. The maximum atomic E-state index is 14.5. The summed E-state index contributed by atoms with van der Waals surface area (Å²) in [5.41, 5.74) is -0.673. The number of para-hydroxylation sites is 1. The van der Waals surface area contributed by atoms with Gasteiger partial charge < -0.3 is 24.4 Å². The highest BCUT2D eigenvalue weighted by Crippen LogP contribution is 2.60. The van der Waals surface area contributed by atoms with E-state index in [0.29, 0.717) is 55.8 Å². The van der Waals surface area contributed by atoms with Gasteiger partial charge in [0, 0.05) is 24.5 Å². The molecule has 10 heteroatoms. The zero-order valence-corrected chi connectivity index (χ0v) is 24.3. The van der Waals surface area contributed by atoms with E-state index in [4.69, 9.17) is 21.1 Å². The van der Waals surface area contributed by atoms with Crippen molar-refractivity contribution < 1.29 is 29.0 Å². The number of nitrogens with zero attached hydrogens (tertiary/aromatic N) is 2. The molecule has 39 heavy (non-hydrogen) atoms. The van der Waals surface area contributed by atoms with E-state index in [2.05, 4.69) is 29.1 Å². The molecule has 2 amide bonds. The van der Waals surface area contributed by atoms with Crippen LogP contribution in [0.5, 0.6) is 0 Å². The van der Waals surface area contributed by atoms with Gasteiger partial charge in [-0.15, -0.1) is 13.2 Å². The SMILES string of the molecule is C=CCCCOC(=O)[C@H]1[C@@H]2OC3(CC2Br)C(C(=O)N(CC=C)c2ccccc2Cl)N(CCCCCO)C(=O)[C@H]13. The lowest BCUT2D eigenvalue weighted by molar-refractivity contribution is -0.155. The number of amides is 2. The number of halogens is 2. The molecular weight excluding hydrogens is 588 g/mol. The predicted molar refractivity (Wildman–Crippen MR) is 153 cm³/mol. The number of ether oxygens (including phenoxy) is 2. The van der Waals surface area contributed by atoms with Gasteiger partial charge in [0.1, 0.15) is 11.6 Å². The summed E-state index contributed by atoms with van der Waals surface area (Å²) in [7, 11) is 0. The normalized spacial score (nSPS) is 28.8. The number of carbonyl (C=O) groups excluding carboxylic acids is 3. The minimum absolute atomic E-state index is 0.0539. The number of anilines is 1. The summed E-state index contributed by atoms with van der Waals surface area (Å²) in [6.07, 6.45) is 6.45. The van der Waals surface area contributed by atoms with E-state index in [1.54, 1.807) is 41.3 Å². The molecule has 8 nitrogen and oxygen atoms in total. The first-order valence-corrected chi connectivity index (χ1v) is 14.8. The van der Waals surface area contributed by atoms with E-state index < -0.39 is 35.6 Å². The smallest absolute Gasteiger partial charge is 0.312 e. The average Bonchev–Trinajstić information content (AvgIpc) is 3.51. The molecule has 0 aromatic heterocycles. The largest absolute Gasteiger partial charge is 0.465 e. The van der Waals surface area contributed by atoms with Gasteiger partial charge in [0.2, 0.25) is 5.91 Å². The molecule has 1 N–H and O–H groups in total. The number of aliphatic hydroxyl groups is 1. The van der Waals surface area contributed by atoms with Gasteiger partial charge in [-0.1, -0.05) is 51.8 Å². The third kappa shape index (κ3) is 5.56. The van der Waals surface area contributed by atoms with Crippen LogP contribution in [0.1, 0.15) is 38.5 Å². The van der Waals surface area contributed by atoms with Crippen LogP contribution in [-0.2, 0) is 23.9 Å². The van der Waals surface area contributed by atoms with Crippen molar-refractivity contribution in [2.75, 3.05) is 31.2 Å². The van der Waals surface area contributed by atoms with Gasteiger partial charge in [0.15, 0.2) is 0 Å². The first kappa shape index (κ1) is 29.8. The summed E-state index contributed by atoms with van der Waals surface area (Å²) in [6, 6.07) is 6.09. The van der Waals surface area contributed by atoms with Gasteiger partial charge in [-0.05, 0) is 50.7 Å². The highest BCUT2D eigenvalue weighted by molar-refractivity contribution is 9.09. The molecule has 3 saturated heterocycles. The summed E-state index contributed by atoms with van der Waals surface area (Å²) in [5.74, 6) is -2.72. The molecule has 3 aliphatic rings. The Hall–Kier alpha value is -2.20. The van der Waals surface area contributed by atoms with Gasteiger partial charge in [0.05, 0.1) is 35.3 Å². The van der Waals surface area contributed by atoms with Crippen LogP contribution in [-0.4, -0.2) is 76.7 Å². The minimum atomic E-state index is -1.19. The first-order valence-electron chi connectivity index (χ1n) is 13.5. The lowest BCUT2D eigenvalue weighted by atomic mass is 9.70. The summed E-state index contributed by atoms with van der Waals surface area (Å²) < 4.78 is 12.1. The van der Waals surface area contributed by atoms with E-state index in [9.17, 15) is 19.5 Å². The van der Waals surface area contributed by atoms with E-state index in [1.165, 1.54) is 4.90 Å². The van der Waals surface area contributed by atoms with Crippen molar-refractivity contribution in [2.45, 2.75) is 61.1 Å². The Morgan fingerprint density at radius 1 is 1.23 bits per heavy atom. The lowest BCUT2D eigenvalue weighted by Gasteiger charge is -2.37. The summed E-state index contributed by atoms with van der Waals surface area (Å²) >= 11 is 10.2. The molecule has 212 valence electrons. The number of aliphatic hydroxyl groups excluding tert-OH is 1. The van der Waals surface area contributed by atoms with Gasteiger partial charge in [-0.2, -0.15) is 0 Å². The highest BCUT2D eigenvalue weighted by atomic mass is 79.9. The molecule has 0 saturated carbocycles. The number of rotatable bonds is 14. The molecule has 1 spiro atoms. The Kier molecular flexibility index (Phi) is 9.91. The van der Waals surface area contributed by atoms with E-state index in [-0.39, 0.29) is 36.4 Å². The maximum Gasteiger partial charge on any atom is 0.312 e. The summed E-state index contributed by atoms with van der Waals surface area (Å²) in [5, 5.41) is 9.63. The molecule has 4 rings (SSSR count). The van der Waals surface area contributed by atoms with Crippen LogP contribution in [0.15, 0.2) is 49.6 Å². The van der Waals surface area contributed by atoms with Crippen LogP contribution in [0.2, 0.25) is 5.02 Å². The van der Waals surface area contributed by atoms with Gasteiger partial charge in [0.25, 0.3) is 5.91 Å². The summed E-state index contributed by atoms with van der Waals surface area (Å²) in [6.45, 7) is 8.28. The molecular formula is C29H36BrClN2O6. The molecule has 1 aromatic rings. The molecule has 1 aromatic carbocycles. The Bertz CT molecular complexity index is 1100. The molecule has 0 aliphatic carbocycles. The van der Waals surface area contributed by atoms with Crippen LogP contribution in [0.4, 0.5) is 5.69 Å². The number of likely N-dealkylation sites (tertiary alicyclic amines) is 1. The van der Waals surface area contributed by atoms with Gasteiger partial charge in [-0.3, -0.25) is 14.4 Å². The molecule has 3 fully saturated rings. The Balaban J connectivity index is 1.71. The van der Waals surface area contributed by atoms with E-state index in [1.807, 2.05) is 0 Å². The second-order valence-electron chi connectivity index (χ2n) is 10.3. The van der Waals surface area contributed by atoms with Gasteiger partial charge in [-0.25, -0.2) is 0 Å². The number of hydrogen-bond donors (Lipinski definition) is 1. The molecule has 3 aliphatic heterocycles. The number of hydrogen-bond acceptors (Lipinski definition) is 6. The van der Waals surface area contributed by atoms with E-state index >= 15 is 0 Å². The van der Waals surface area contributed by atoms with Crippen LogP contribution < -0.4 is 4.90 Å². The average molecular weight is 624 g/mol. The first-order chi connectivity index (χ1) is 18.8. The van der Waals surface area contributed by atoms with Crippen LogP contribution in [0, 0.1) is 11.8 Å². The second kappa shape index (κ2) is 13.0. The molecule has 6 atom stereocenters. The fraction of sp³-hybridized carbons (Fsp3) is 0.552. The molecule has 2 bridgehead atoms. The fourth-order valence-electron chi connectivity index (χ4n) is 6.24. The summed E-state index contributed by atoms with van der Waals surface area (Å²) in [4.78, 5) is 44.8. The van der Waals surface area contributed by atoms with E-state index in [0.717, 1.165) is 0 Å². The number of unbranched alkanes of at least 4 members (excludes halogenated alkanes) is 3. The third-order valence-corrected chi connectivity index (χ3v) is 9.03. The van der Waals surface area contributed by atoms with Crippen LogP contribution in [0.3, 0.4) is 0 Å². The van der Waals surface area contributed by atoms with Crippen molar-refractivity contribution in [2.24, 2.45) is 11.8 Å².